The number of carbonyl (C=O) groups excluding carboxylic acids is 1. The number of benzene rings is 1. The quantitative estimate of drug-likeness (QED) is 0.492. The van der Waals surface area contributed by atoms with Crippen molar-refractivity contribution < 1.29 is 14.4 Å². The van der Waals surface area contributed by atoms with Crippen molar-refractivity contribution in [2.45, 2.75) is 37.8 Å². The van der Waals surface area contributed by atoms with Gasteiger partial charge in [0.2, 0.25) is 5.91 Å². The molecule has 32 heavy (non-hydrogen) atoms. The number of hydrogen-bond donors (Lipinski definition) is 0. The molecule has 0 bridgehead atoms. The first-order chi connectivity index (χ1) is 15.3. The van der Waals surface area contributed by atoms with Crippen LogP contribution < -0.4 is 5.11 Å². The summed E-state index contributed by atoms with van der Waals surface area (Å²) in [6.07, 6.45) is 2.90. The van der Waals surface area contributed by atoms with Crippen LogP contribution in [0.25, 0.3) is 0 Å². The molecule has 1 aromatic carbocycles. The fourth-order valence-corrected chi connectivity index (χ4v) is 6.35. The summed E-state index contributed by atoms with van der Waals surface area (Å²) in [4.78, 5) is 16.5. The Hall–Kier alpha value is -1.99. The summed E-state index contributed by atoms with van der Waals surface area (Å²) in [5.74, 6) is -0.300. The number of aryl methyl sites for hydroxylation is 1. The molecule has 4 nitrogen and oxygen atoms in total. The van der Waals surface area contributed by atoms with Crippen molar-refractivity contribution in [3.8, 4) is 0 Å². The summed E-state index contributed by atoms with van der Waals surface area (Å²) in [5, 5.41) is 17.8. The van der Waals surface area contributed by atoms with Crippen LogP contribution in [-0.4, -0.2) is 55.1 Å². The van der Waals surface area contributed by atoms with Gasteiger partial charge >= 0.3 is 0 Å². The van der Waals surface area contributed by atoms with Gasteiger partial charge in [0, 0.05) is 47.7 Å². The number of thiophene rings is 2. The zero-order chi connectivity index (χ0) is 22.8. The van der Waals surface area contributed by atoms with Crippen molar-refractivity contribution in [2.75, 3.05) is 33.7 Å². The van der Waals surface area contributed by atoms with Gasteiger partial charge in [0.1, 0.15) is 0 Å². The maximum Gasteiger partial charge on any atom is 0.222 e. The molecule has 3 heterocycles. The van der Waals surface area contributed by atoms with Gasteiger partial charge in [-0.15, -0.1) is 22.7 Å². The number of carbonyl (C=O) groups is 1. The lowest BCUT2D eigenvalue weighted by Gasteiger charge is -2.46. The van der Waals surface area contributed by atoms with Gasteiger partial charge in [-0.3, -0.25) is 4.79 Å². The SMILES string of the molecule is Cc1ccc(CC[N+](C)(C)C2CCN(C(=O)C([O-])(c3cccs3)c3cccs3)CC2)cc1. The minimum absolute atomic E-state index is 0.300. The molecular formula is C26H32N2O2S2. The van der Waals surface area contributed by atoms with Crippen LogP contribution in [0.15, 0.2) is 59.3 Å². The Morgan fingerprint density at radius 1 is 1.03 bits per heavy atom. The van der Waals surface area contributed by atoms with E-state index in [1.807, 2.05) is 27.8 Å². The molecule has 1 aliphatic heterocycles. The Labute approximate surface area is 199 Å². The number of amides is 1. The Balaban J connectivity index is 1.41. The van der Waals surface area contributed by atoms with Gasteiger partial charge in [-0.25, -0.2) is 0 Å². The Bertz CT molecular complexity index is 969. The lowest BCUT2D eigenvalue weighted by atomic mass is 9.94. The van der Waals surface area contributed by atoms with Crippen molar-refractivity contribution in [3.63, 3.8) is 0 Å². The third kappa shape index (κ3) is 4.69. The number of likely N-dealkylation sites (tertiary alicyclic amines) is 1. The van der Waals surface area contributed by atoms with Crippen LogP contribution in [0.2, 0.25) is 0 Å². The van der Waals surface area contributed by atoms with Gasteiger partial charge in [0.05, 0.1) is 26.7 Å². The predicted octanol–water partition coefficient (Wildman–Crippen LogP) is 4.03. The molecule has 6 heteroatoms. The van der Waals surface area contributed by atoms with Crippen LogP contribution in [-0.2, 0) is 16.8 Å². The lowest BCUT2D eigenvalue weighted by molar-refractivity contribution is -0.916. The number of quaternary nitrogens is 1. The summed E-state index contributed by atoms with van der Waals surface area (Å²) in [7, 11) is 4.59. The number of piperidine rings is 1. The second-order valence-corrected chi connectivity index (χ2v) is 11.3. The van der Waals surface area contributed by atoms with E-state index in [4.69, 9.17) is 0 Å². The van der Waals surface area contributed by atoms with E-state index in [0.29, 0.717) is 28.9 Å². The highest BCUT2D eigenvalue weighted by atomic mass is 32.1. The summed E-state index contributed by atoms with van der Waals surface area (Å²) < 4.78 is 0.939. The molecule has 1 amide bonds. The molecule has 0 atom stereocenters. The monoisotopic (exact) mass is 468 g/mol. The standard InChI is InChI=1S/C26H32N2O2S2/c1-20-8-10-21(11-9-20)14-17-28(2,3)22-12-15-27(16-13-22)25(29)26(30,23-6-4-18-31-23)24-7-5-19-32-24/h4-11,18-19,22H,12-17H2,1-3H3. The van der Waals surface area contributed by atoms with E-state index in [0.717, 1.165) is 30.3 Å². The summed E-state index contributed by atoms with van der Waals surface area (Å²) in [6, 6.07) is 16.6. The van der Waals surface area contributed by atoms with Crippen LogP contribution >= 0.6 is 22.7 Å². The molecule has 3 aromatic rings. The molecule has 0 N–H and O–H groups in total. The minimum Gasteiger partial charge on any atom is -0.834 e. The fraction of sp³-hybridized carbons (Fsp3) is 0.423. The average molecular weight is 469 g/mol. The van der Waals surface area contributed by atoms with Crippen LogP contribution in [0, 0.1) is 6.92 Å². The highest BCUT2D eigenvalue weighted by Crippen LogP contribution is 2.36. The van der Waals surface area contributed by atoms with Crippen LogP contribution in [0.5, 0.6) is 0 Å². The number of hydrogen-bond acceptors (Lipinski definition) is 4. The van der Waals surface area contributed by atoms with E-state index in [-0.39, 0.29) is 5.91 Å². The normalized spacial score (nSPS) is 15.8. The number of nitrogens with zero attached hydrogens (tertiary/aromatic N) is 2. The highest BCUT2D eigenvalue weighted by molar-refractivity contribution is 7.12. The topological polar surface area (TPSA) is 43.4 Å². The number of likely N-dealkylation sites (N-methyl/N-ethyl adjacent to an activating group) is 1. The van der Waals surface area contributed by atoms with E-state index in [2.05, 4.69) is 45.3 Å². The van der Waals surface area contributed by atoms with E-state index in [9.17, 15) is 9.90 Å². The zero-order valence-corrected chi connectivity index (χ0v) is 20.8. The van der Waals surface area contributed by atoms with Crippen molar-refractivity contribution in [1.82, 2.24) is 4.90 Å². The number of rotatable bonds is 7. The first-order valence-electron chi connectivity index (χ1n) is 11.3. The van der Waals surface area contributed by atoms with Crippen LogP contribution in [0.4, 0.5) is 0 Å². The molecule has 2 aromatic heterocycles. The molecule has 4 rings (SSSR count). The first-order valence-corrected chi connectivity index (χ1v) is 13.0. The minimum atomic E-state index is -1.83. The molecule has 1 saturated heterocycles. The predicted molar refractivity (Wildman–Crippen MR) is 131 cm³/mol. The molecule has 170 valence electrons. The third-order valence-corrected chi connectivity index (χ3v) is 8.82. The van der Waals surface area contributed by atoms with Gasteiger partial charge in [-0.05, 0) is 35.4 Å². The van der Waals surface area contributed by atoms with Gasteiger partial charge < -0.3 is 14.5 Å². The van der Waals surface area contributed by atoms with Crippen molar-refractivity contribution in [2.24, 2.45) is 0 Å². The molecular weight excluding hydrogens is 436 g/mol. The van der Waals surface area contributed by atoms with E-state index in [1.54, 1.807) is 12.1 Å². The van der Waals surface area contributed by atoms with E-state index < -0.39 is 5.60 Å². The van der Waals surface area contributed by atoms with Crippen LogP contribution in [0.3, 0.4) is 0 Å². The largest absolute Gasteiger partial charge is 0.834 e. The summed E-state index contributed by atoms with van der Waals surface area (Å²) in [5.41, 5.74) is 0.835. The Kier molecular flexibility index (Phi) is 6.86. The molecule has 0 spiro atoms. The summed E-state index contributed by atoms with van der Waals surface area (Å²) in [6.45, 7) is 4.48. The smallest absolute Gasteiger partial charge is 0.222 e. The molecule has 1 fully saturated rings. The van der Waals surface area contributed by atoms with Crippen molar-refractivity contribution >= 4 is 28.6 Å². The fourth-order valence-electron chi connectivity index (χ4n) is 4.64. The first kappa shape index (κ1) is 23.2. The van der Waals surface area contributed by atoms with Gasteiger partial charge in [0.25, 0.3) is 0 Å². The lowest BCUT2D eigenvalue weighted by Crippen LogP contribution is -2.60. The maximum atomic E-state index is 14.0. The summed E-state index contributed by atoms with van der Waals surface area (Å²) >= 11 is 2.75. The maximum absolute atomic E-state index is 14.0. The molecule has 0 saturated carbocycles. The van der Waals surface area contributed by atoms with Gasteiger partial charge in [-0.1, -0.05) is 42.0 Å². The molecule has 0 radical (unpaired) electrons. The molecule has 1 aliphatic rings. The molecule has 0 aliphatic carbocycles. The van der Waals surface area contributed by atoms with Gasteiger partial charge in [-0.2, -0.15) is 0 Å². The Morgan fingerprint density at radius 2 is 1.59 bits per heavy atom. The average Bonchev–Trinajstić information content (AvgIpc) is 3.53. The van der Waals surface area contributed by atoms with Crippen LogP contribution in [0.1, 0.15) is 33.7 Å². The van der Waals surface area contributed by atoms with Gasteiger partial charge in [0.15, 0.2) is 0 Å². The van der Waals surface area contributed by atoms with Crippen molar-refractivity contribution in [3.05, 3.63) is 80.2 Å². The Morgan fingerprint density at radius 3 is 2.09 bits per heavy atom. The second-order valence-electron chi connectivity index (χ2n) is 9.40. The third-order valence-electron chi connectivity index (χ3n) is 6.88. The van der Waals surface area contributed by atoms with E-state index in [1.165, 1.54) is 33.8 Å². The highest BCUT2D eigenvalue weighted by Gasteiger charge is 2.39. The van der Waals surface area contributed by atoms with Crippen molar-refractivity contribution in [1.29, 1.82) is 0 Å². The second kappa shape index (κ2) is 9.48. The molecule has 0 unspecified atom stereocenters. The van der Waals surface area contributed by atoms with E-state index >= 15 is 0 Å². The zero-order valence-electron chi connectivity index (χ0n) is 19.1.